The van der Waals surface area contributed by atoms with Crippen LogP contribution >= 0.6 is 11.6 Å². The average Bonchev–Trinajstić information content (AvgIpc) is 2.99. The number of amides is 3. The zero-order valence-corrected chi connectivity index (χ0v) is 16.5. The summed E-state index contributed by atoms with van der Waals surface area (Å²) in [5.74, 6) is -0.723. The maximum atomic E-state index is 13.3. The Hall–Kier alpha value is -2.65. The molecule has 3 heterocycles. The molecule has 0 unspecified atom stereocenters. The summed E-state index contributed by atoms with van der Waals surface area (Å²) in [4.78, 5) is 28.9. The van der Waals surface area contributed by atoms with Crippen molar-refractivity contribution in [1.29, 1.82) is 0 Å². The van der Waals surface area contributed by atoms with E-state index in [2.05, 4.69) is 10.4 Å². The normalized spacial score (nSPS) is 16.3. The van der Waals surface area contributed by atoms with Crippen molar-refractivity contribution in [1.82, 2.24) is 19.6 Å². The molecule has 0 atom stereocenters. The molecular formula is C19H21ClFN5O3. The van der Waals surface area contributed by atoms with Gasteiger partial charge in [-0.05, 0) is 24.6 Å². The highest BCUT2D eigenvalue weighted by molar-refractivity contribution is 6.31. The molecule has 0 aliphatic carbocycles. The van der Waals surface area contributed by atoms with Crippen LogP contribution in [0.25, 0.3) is 0 Å². The number of fused-ring (bicyclic) bond motifs is 3. The van der Waals surface area contributed by atoms with Crippen LogP contribution in [0.4, 0.5) is 14.9 Å². The van der Waals surface area contributed by atoms with Crippen LogP contribution in [0.1, 0.15) is 28.2 Å². The highest BCUT2D eigenvalue weighted by atomic mass is 35.5. The predicted molar refractivity (Wildman–Crippen MR) is 104 cm³/mol. The number of urea groups is 1. The van der Waals surface area contributed by atoms with Gasteiger partial charge in [-0.25, -0.2) is 9.18 Å². The number of carbonyl (C=O) groups is 2. The number of halogens is 2. The number of aliphatic hydroxyl groups excluding tert-OH is 1. The van der Waals surface area contributed by atoms with Crippen molar-refractivity contribution in [2.24, 2.45) is 0 Å². The number of nitrogens with one attached hydrogen (secondary N) is 1. The zero-order chi connectivity index (χ0) is 20.5. The quantitative estimate of drug-likeness (QED) is 0.794. The number of nitrogens with zero attached hydrogens (tertiary/aromatic N) is 4. The van der Waals surface area contributed by atoms with Gasteiger partial charge in [0, 0.05) is 43.9 Å². The molecular weight excluding hydrogens is 401 g/mol. The molecule has 10 heteroatoms. The first-order valence-electron chi connectivity index (χ1n) is 9.47. The van der Waals surface area contributed by atoms with E-state index in [0.717, 1.165) is 17.7 Å². The van der Waals surface area contributed by atoms with Crippen molar-refractivity contribution in [3.8, 4) is 0 Å². The molecule has 29 heavy (non-hydrogen) atoms. The molecule has 2 N–H and O–H groups in total. The van der Waals surface area contributed by atoms with Gasteiger partial charge in [-0.2, -0.15) is 5.10 Å². The van der Waals surface area contributed by atoms with E-state index in [-0.39, 0.29) is 36.7 Å². The standard InChI is InChI=1S/C19H21ClFN5O3/c20-14-10-12(2-3-15(14)21)22-19(29)25-7-4-16-13(11-25)17-18(28)24(8-9-27)5-1-6-26(17)23-16/h2-3,10,27H,1,4-9,11H2,(H,22,29). The van der Waals surface area contributed by atoms with Gasteiger partial charge >= 0.3 is 6.03 Å². The van der Waals surface area contributed by atoms with Crippen LogP contribution in [0.15, 0.2) is 18.2 Å². The largest absolute Gasteiger partial charge is 0.395 e. The lowest BCUT2D eigenvalue weighted by Gasteiger charge is -2.27. The minimum atomic E-state index is -0.555. The Bertz CT molecular complexity index is 964. The molecule has 0 radical (unpaired) electrons. The van der Waals surface area contributed by atoms with E-state index in [1.807, 2.05) is 0 Å². The Kier molecular flexibility index (Phi) is 5.42. The predicted octanol–water partition coefficient (Wildman–Crippen LogP) is 2.10. The molecule has 1 aromatic heterocycles. The number of rotatable bonds is 3. The van der Waals surface area contributed by atoms with Crippen molar-refractivity contribution in [2.75, 3.05) is 31.6 Å². The Labute approximate surface area is 171 Å². The molecule has 8 nitrogen and oxygen atoms in total. The highest BCUT2D eigenvalue weighted by Crippen LogP contribution is 2.26. The summed E-state index contributed by atoms with van der Waals surface area (Å²) in [6.45, 7) is 2.07. The fourth-order valence-corrected chi connectivity index (χ4v) is 3.95. The first-order valence-corrected chi connectivity index (χ1v) is 9.85. The van der Waals surface area contributed by atoms with Crippen LogP contribution in [0.5, 0.6) is 0 Å². The number of aliphatic hydroxyl groups is 1. The van der Waals surface area contributed by atoms with E-state index in [1.165, 1.54) is 18.2 Å². The molecule has 1 aromatic carbocycles. The van der Waals surface area contributed by atoms with Gasteiger partial charge in [-0.15, -0.1) is 0 Å². The number of anilines is 1. The third-order valence-corrected chi connectivity index (χ3v) is 5.51. The van der Waals surface area contributed by atoms with Gasteiger partial charge in [-0.1, -0.05) is 11.6 Å². The van der Waals surface area contributed by atoms with Crippen molar-refractivity contribution in [3.05, 3.63) is 46.0 Å². The maximum Gasteiger partial charge on any atom is 0.322 e. The number of aryl methyl sites for hydroxylation is 1. The number of β-amino-alcohol motifs (C(OH)–C–C–N with tert-alkyl or cyclic N) is 1. The van der Waals surface area contributed by atoms with Crippen LogP contribution in [-0.4, -0.2) is 62.9 Å². The number of hydrogen-bond donors (Lipinski definition) is 2. The van der Waals surface area contributed by atoms with E-state index in [1.54, 1.807) is 14.5 Å². The van der Waals surface area contributed by atoms with E-state index in [4.69, 9.17) is 11.6 Å². The van der Waals surface area contributed by atoms with E-state index >= 15 is 0 Å². The molecule has 0 fully saturated rings. The van der Waals surface area contributed by atoms with Gasteiger partial charge in [0.2, 0.25) is 0 Å². The Morgan fingerprint density at radius 3 is 2.90 bits per heavy atom. The lowest BCUT2D eigenvalue weighted by Crippen LogP contribution is -2.40. The average molecular weight is 422 g/mol. The second-order valence-electron chi connectivity index (χ2n) is 7.10. The Morgan fingerprint density at radius 2 is 2.14 bits per heavy atom. The minimum absolute atomic E-state index is 0.0692. The number of hydrogen-bond acceptors (Lipinski definition) is 4. The molecule has 0 saturated carbocycles. The molecule has 0 spiro atoms. The first-order chi connectivity index (χ1) is 14.0. The molecule has 4 rings (SSSR count). The molecule has 2 aromatic rings. The lowest BCUT2D eigenvalue weighted by molar-refractivity contribution is 0.0722. The monoisotopic (exact) mass is 421 g/mol. The first kappa shape index (κ1) is 19.7. The van der Waals surface area contributed by atoms with Crippen molar-refractivity contribution < 1.29 is 19.1 Å². The van der Waals surface area contributed by atoms with Gasteiger partial charge < -0.3 is 20.2 Å². The fraction of sp³-hybridized carbons (Fsp3) is 0.421. The third-order valence-electron chi connectivity index (χ3n) is 5.22. The van der Waals surface area contributed by atoms with Crippen LogP contribution < -0.4 is 5.32 Å². The summed E-state index contributed by atoms with van der Waals surface area (Å²) < 4.78 is 15.0. The summed E-state index contributed by atoms with van der Waals surface area (Å²) in [6.07, 6.45) is 1.30. The van der Waals surface area contributed by atoms with Crippen molar-refractivity contribution in [2.45, 2.75) is 25.9 Å². The molecule has 2 aliphatic rings. The summed E-state index contributed by atoms with van der Waals surface area (Å²) >= 11 is 5.77. The summed E-state index contributed by atoms with van der Waals surface area (Å²) in [5, 5.41) is 16.5. The van der Waals surface area contributed by atoms with E-state index in [0.29, 0.717) is 37.4 Å². The fourth-order valence-electron chi connectivity index (χ4n) is 3.77. The smallest absolute Gasteiger partial charge is 0.322 e. The second kappa shape index (κ2) is 8.00. The SMILES string of the molecule is O=C(Nc1ccc(F)c(Cl)c1)N1CCc2nn3c(c2C1)C(=O)N(CCO)CCC3. The molecule has 154 valence electrons. The van der Waals surface area contributed by atoms with Gasteiger partial charge in [-0.3, -0.25) is 9.48 Å². The van der Waals surface area contributed by atoms with Crippen molar-refractivity contribution >= 4 is 29.2 Å². The van der Waals surface area contributed by atoms with Gasteiger partial charge in [0.05, 0.1) is 23.9 Å². The topological polar surface area (TPSA) is 90.7 Å². The minimum Gasteiger partial charge on any atom is -0.395 e. The summed E-state index contributed by atoms with van der Waals surface area (Å²) in [5.41, 5.74) is 2.46. The van der Waals surface area contributed by atoms with E-state index in [9.17, 15) is 19.1 Å². The van der Waals surface area contributed by atoms with Crippen LogP contribution in [0, 0.1) is 5.82 Å². The molecule has 0 saturated heterocycles. The Morgan fingerprint density at radius 1 is 1.31 bits per heavy atom. The molecule has 0 bridgehead atoms. The number of benzene rings is 1. The highest BCUT2D eigenvalue weighted by Gasteiger charge is 2.33. The second-order valence-corrected chi connectivity index (χ2v) is 7.50. The van der Waals surface area contributed by atoms with Gasteiger partial charge in [0.25, 0.3) is 5.91 Å². The van der Waals surface area contributed by atoms with Crippen molar-refractivity contribution in [3.63, 3.8) is 0 Å². The lowest BCUT2D eigenvalue weighted by atomic mass is 10.0. The maximum absolute atomic E-state index is 13.3. The van der Waals surface area contributed by atoms with Crippen LogP contribution in [0.2, 0.25) is 5.02 Å². The summed E-state index contributed by atoms with van der Waals surface area (Å²) in [6, 6.07) is 3.63. The number of carbonyl (C=O) groups excluding carboxylic acids is 2. The molecule has 3 amide bonds. The zero-order valence-electron chi connectivity index (χ0n) is 15.7. The van der Waals surface area contributed by atoms with Gasteiger partial charge in [0.15, 0.2) is 0 Å². The van der Waals surface area contributed by atoms with Crippen LogP contribution in [0.3, 0.4) is 0 Å². The molecule has 2 aliphatic heterocycles. The third kappa shape index (κ3) is 3.79. The Balaban J connectivity index is 1.55. The summed E-state index contributed by atoms with van der Waals surface area (Å²) in [7, 11) is 0. The number of aromatic nitrogens is 2. The van der Waals surface area contributed by atoms with E-state index < -0.39 is 5.82 Å². The van der Waals surface area contributed by atoms with Crippen LogP contribution in [-0.2, 0) is 19.5 Å². The van der Waals surface area contributed by atoms with Gasteiger partial charge in [0.1, 0.15) is 11.5 Å².